The van der Waals surface area contributed by atoms with Gasteiger partial charge in [-0.2, -0.15) is 20.0 Å². The first kappa shape index (κ1) is 22.4. The number of nitrogens with zero attached hydrogens (tertiary/aromatic N) is 7. The number of pyridine rings is 1. The maximum Gasteiger partial charge on any atom is 0.263 e. The van der Waals surface area contributed by atoms with Crippen LogP contribution in [-0.4, -0.2) is 61.2 Å². The molecule has 4 heterocycles. The quantitative estimate of drug-likeness (QED) is 0.393. The Morgan fingerprint density at radius 2 is 2.09 bits per heavy atom. The number of carbonyl (C=O) groups excluding carboxylic acids is 1. The van der Waals surface area contributed by atoms with Crippen LogP contribution in [0.1, 0.15) is 42.0 Å². The molecule has 1 saturated heterocycles. The van der Waals surface area contributed by atoms with Gasteiger partial charge in [-0.25, -0.2) is 9.37 Å². The molecule has 1 fully saturated rings. The number of benzene rings is 1. The average molecular weight is 479 g/mol. The Morgan fingerprint density at radius 1 is 1.26 bits per heavy atom. The Kier molecular flexibility index (Phi) is 6.08. The van der Waals surface area contributed by atoms with Crippen LogP contribution >= 0.6 is 0 Å². The highest BCUT2D eigenvalue weighted by atomic mass is 19.1. The van der Waals surface area contributed by atoms with Gasteiger partial charge in [0.25, 0.3) is 11.8 Å². The molecule has 1 aromatic carbocycles. The van der Waals surface area contributed by atoms with Gasteiger partial charge in [-0.1, -0.05) is 5.16 Å². The maximum atomic E-state index is 14.5. The molecule has 1 unspecified atom stereocenters. The maximum absolute atomic E-state index is 14.5. The standard InChI is InChI=1S/C23H22FN7O4/c1-3-34-21-14(6-4-8-25-21)22-28-20(29-35-22)17-7-5-11-30(17)23(32)15-12-19(33-2)16(24)13-18(15)31-26-9-10-27-31/h4,6,8-10,12-13,17H,3,5,7,11H2,1-2H3. The van der Waals surface area contributed by atoms with Crippen molar-refractivity contribution >= 4 is 5.91 Å². The fourth-order valence-electron chi connectivity index (χ4n) is 4.09. The minimum absolute atomic E-state index is 0.0538. The number of likely N-dealkylation sites (tertiary alicyclic amines) is 1. The molecule has 0 spiro atoms. The summed E-state index contributed by atoms with van der Waals surface area (Å²) in [5.74, 6) is -0.0218. The molecule has 1 aliphatic heterocycles. The fourth-order valence-corrected chi connectivity index (χ4v) is 4.09. The average Bonchev–Trinajstić information content (AvgIpc) is 3.65. The van der Waals surface area contributed by atoms with Crippen molar-refractivity contribution in [2.45, 2.75) is 25.8 Å². The van der Waals surface area contributed by atoms with E-state index in [1.54, 1.807) is 23.2 Å². The van der Waals surface area contributed by atoms with Crippen molar-refractivity contribution in [1.29, 1.82) is 0 Å². The number of rotatable bonds is 7. The van der Waals surface area contributed by atoms with E-state index in [1.165, 1.54) is 36.4 Å². The van der Waals surface area contributed by atoms with Gasteiger partial charge in [-0.05, 0) is 38.0 Å². The van der Waals surface area contributed by atoms with Crippen LogP contribution in [0.25, 0.3) is 17.1 Å². The normalized spacial score (nSPS) is 15.4. The number of carbonyl (C=O) groups is 1. The molecular formula is C23H22FN7O4. The summed E-state index contributed by atoms with van der Waals surface area (Å²) in [6, 6.07) is 5.64. The molecule has 0 aliphatic carbocycles. The van der Waals surface area contributed by atoms with Gasteiger partial charge in [0.2, 0.25) is 5.88 Å². The summed E-state index contributed by atoms with van der Waals surface area (Å²) in [5.41, 5.74) is 0.967. The van der Waals surface area contributed by atoms with E-state index in [4.69, 9.17) is 14.0 Å². The Balaban J connectivity index is 1.49. The van der Waals surface area contributed by atoms with Crippen LogP contribution in [0.5, 0.6) is 11.6 Å². The van der Waals surface area contributed by atoms with Crippen molar-refractivity contribution < 1.29 is 23.2 Å². The molecule has 3 aromatic heterocycles. The second-order valence-electron chi connectivity index (χ2n) is 7.73. The molecule has 1 atom stereocenters. The van der Waals surface area contributed by atoms with Crippen molar-refractivity contribution in [3.63, 3.8) is 0 Å². The highest BCUT2D eigenvalue weighted by molar-refractivity contribution is 5.98. The van der Waals surface area contributed by atoms with Crippen LogP contribution in [0, 0.1) is 5.82 Å². The molecule has 12 heteroatoms. The molecule has 1 aliphatic rings. The zero-order valence-corrected chi connectivity index (χ0v) is 19.1. The van der Waals surface area contributed by atoms with Crippen molar-refractivity contribution in [1.82, 2.24) is 35.0 Å². The van der Waals surface area contributed by atoms with E-state index < -0.39 is 11.9 Å². The highest BCUT2D eigenvalue weighted by Crippen LogP contribution is 2.35. The summed E-state index contributed by atoms with van der Waals surface area (Å²) in [6.07, 6.45) is 5.90. The minimum Gasteiger partial charge on any atom is -0.494 e. The summed E-state index contributed by atoms with van der Waals surface area (Å²) < 4.78 is 30.7. The van der Waals surface area contributed by atoms with Crippen LogP contribution in [-0.2, 0) is 0 Å². The van der Waals surface area contributed by atoms with Crippen molar-refractivity contribution in [3.05, 3.63) is 60.1 Å². The molecule has 11 nitrogen and oxygen atoms in total. The summed E-state index contributed by atoms with van der Waals surface area (Å²) in [4.78, 5) is 25.3. The first-order valence-electron chi connectivity index (χ1n) is 11.1. The van der Waals surface area contributed by atoms with Crippen molar-refractivity contribution in [3.8, 4) is 28.8 Å². The van der Waals surface area contributed by atoms with Gasteiger partial charge in [0.15, 0.2) is 17.4 Å². The lowest BCUT2D eigenvalue weighted by molar-refractivity contribution is 0.0727. The number of hydrogen-bond acceptors (Lipinski definition) is 9. The third kappa shape index (κ3) is 4.18. The second-order valence-corrected chi connectivity index (χ2v) is 7.73. The van der Waals surface area contributed by atoms with Gasteiger partial charge in [0.05, 0.1) is 37.7 Å². The van der Waals surface area contributed by atoms with E-state index in [1.807, 2.05) is 6.92 Å². The van der Waals surface area contributed by atoms with Gasteiger partial charge in [0, 0.05) is 18.8 Å². The van der Waals surface area contributed by atoms with E-state index >= 15 is 0 Å². The van der Waals surface area contributed by atoms with E-state index in [-0.39, 0.29) is 28.8 Å². The number of aromatic nitrogens is 6. The molecule has 0 radical (unpaired) electrons. The van der Waals surface area contributed by atoms with Crippen molar-refractivity contribution in [2.75, 3.05) is 20.3 Å². The molecule has 4 aromatic rings. The predicted molar refractivity (Wildman–Crippen MR) is 120 cm³/mol. The largest absolute Gasteiger partial charge is 0.494 e. The lowest BCUT2D eigenvalue weighted by Gasteiger charge is -2.23. The van der Waals surface area contributed by atoms with E-state index in [2.05, 4.69) is 25.3 Å². The lowest BCUT2D eigenvalue weighted by atomic mass is 10.1. The number of hydrogen-bond donors (Lipinski definition) is 0. The summed E-state index contributed by atoms with van der Waals surface area (Å²) in [5, 5.41) is 12.3. The monoisotopic (exact) mass is 479 g/mol. The zero-order chi connectivity index (χ0) is 24.4. The summed E-state index contributed by atoms with van der Waals surface area (Å²) >= 11 is 0. The van der Waals surface area contributed by atoms with Gasteiger partial charge >= 0.3 is 0 Å². The second kappa shape index (κ2) is 9.49. The van der Waals surface area contributed by atoms with Crippen LogP contribution in [0.4, 0.5) is 4.39 Å². The van der Waals surface area contributed by atoms with Gasteiger partial charge in [0.1, 0.15) is 11.3 Å². The smallest absolute Gasteiger partial charge is 0.263 e. The highest BCUT2D eigenvalue weighted by Gasteiger charge is 2.36. The third-order valence-electron chi connectivity index (χ3n) is 5.67. The molecule has 0 bridgehead atoms. The molecule has 1 amide bonds. The van der Waals surface area contributed by atoms with Crippen LogP contribution in [0.2, 0.25) is 0 Å². The number of ether oxygens (including phenoxy) is 2. The Morgan fingerprint density at radius 3 is 2.86 bits per heavy atom. The zero-order valence-electron chi connectivity index (χ0n) is 19.1. The molecular weight excluding hydrogens is 457 g/mol. The van der Waals surface area contributed by atoms with E-state index in [9.17, 15) is 9.18 Å². The predicted octanol–water partition coefficient (Wildman–Crippen LogP) is 3.24. The fraction of sp³-hybridized carbons (Fsp3) is 0.304. The van der Waals surface area contributed by atoms with Gasteiger partial charge in [-0.15, -0.1) is 0 Å². The van der Waals surface area contributed by atoms with Crippen LogP contribution in [0.15, 0.2) is 47.4 Å². The summed E-state index contributed by atoms with van der Waals surface area (Å²) in [6.45, 7) is 2.76. The minimum atomic E-state index is -0.626. The molecule has 180 valence electrons. The van der Waals surface area contributed by atoms with E-state index in [0.717, 1.165) is 6.42 Å². The van der Waals surface area contributed by atoms with E-state index in [0.29, 0.717) is 36.8 Å². The first-order chi connectivity index (χ1) is 17.1. The Hall–Kier alpha value is -4.35. The lowest BCUT2D eigenvalue weighted by Crippen LogP contribution is -2.32. The molecule has 5 rings (SSSR count). The van der Waals surface area contributed by atoms with Crippen molar-refractivity contribution in [2.24, 2.45) is 0 Å². The SMILES string of the molecule is CCOc1ncccc1-c1nc(C2CCCN2C(=O)c2cc(OC)c(F)cc2-n2nccn2)no1. The Labute approximate surface area is 199 Å². The number of amides is 1. The Bertz CT molecular complexity index is 1340. The number of halogens is 1. The van der Waals surface area contributed by atoms with Crippen LogP contribution in [0.3, 0.4) is 0 Å². The molecule has 35 heavy (non-hydrogen) atoms. The topological polar surface area (TPSA) is 121 Å². The van der Waals surface area contributed by atoms with Gasteiger partial charge in [-0.3, -0.25) is 4.79 Å². The number of methoxy groups -OCH3 is 1. The van der Waals surface area contributed by atoms with Crippen LogP contribution < -0.4 is 9.47 Å². The molecule has 0 N–H and O–H groups in total. The third-order valence-corrected chi connectivity index (χ3v) is 5.67. The summed E-state index contributed by atoms with van der Waals surface area (Å²) in [7, 11) is 1.34. The first-order valence-corrected chi connectivity index (χ1v) is 11.1. The van der Waals surface area contributed by atoms with Gasteiger partial charge < -0.3 is 18.9 Å². The molecule has 0 saturated carbocycles.